The minimum absolute atomic E-state index is 0.201. The van der Waals surface area contributed by atoms with Crippen molar-refractivity contribution in [3.05, 3.63) is 32.9 Å². The molecular weight excluding hydrogens is 375 g/mol. The highest BCUT2D eigenvalue weighted by Gasteiger charge is 2.26. The number of likely N-dealkylation sites (tertiary alicyclic amines) is 1. The number of carbonyl (C=O) groups excluding carboxylic acids is 1. The number of hydrogen-bond acceptors (Lipinski definition) is 2. The largest absolute Gasteiger partial charge is 0.339 e. The van der Waals surface area contributed by atoms with Gasteiger partial charge in [0.25, 0.3) is 5.91 Å². The van der Waals surface area contributed by atoms with Crippen LogP contribution in [0, 0.1) is 16.4 Å². The van der Waals surface area contributed by atoms with Crippen LogP contribution in [0.1, 0.15) is 41.6 Å². The van der Waals surface area contributed by atoms with E-state index in [-0.39, 0.29) is 5.91 Å². The number of carbonyl (C=O) groups is 1. The van der Waals surface area contributed by atoms with E-state index in [0.29, 0.717) is 6.04 Å². The predicted molar refractivity (Wildman–Crippen MR) is 93.5 cm³/mol. The molecule has 0 atom stereocenters. The van der Waals surface area contributed by atoms with Crippen LogP contribution < -0.4 is 5.32 Å². The Hall–Kier alpha value is -0.620. The first-order chi connectivity index (χ1) is 10.1. The number of halogens is 1. The number of nitrogens with zero attached hydrogens (tertiary/aromatic N) is 1. The van der Waals surface area contributed by atoms with Gasteiger partial charge < -0.3 is 10.2 Å². The molecule has 0 bridgehead atoms. The van der Waals surface area contributed by atoms with E-state index in [1.165, 1.54) is 23.0 Å². The summed E-state index contributed by atoms with van der Waals surface area (Å²) in [6.07, 6.45) is 4.97. The highest BCUT2D eigenvalue weighted by Crippen LogP contribution is 2.28. The van der Waals surface area contributed by atoms with Crippen LogP contribution in [0.2, 0.25) is 0 Å². The SMILES string of the molecule is Cc1c(I)cccc1C(=O)N1CCC(NCC2CC2)CC1. The van der Waals surface area contributed by atoms with E-state index in [1.54, 1.807) is 0 Å². The Kier molecular flexibility index (Phi) is 4.84. The molecular formula is C17H23IN2O. The van der Waals surface area contributed by atoms with Gasteiger partial charge in [0, 0.05) is 28.3 Å². The van der Waals surface area contributed by atoms with Crippen molar-refractivity contribution < 1.29 is 4.79 Å². The van der Waals surface area contributed by atoms with Crippen LogP contribution in [0.25, 0.3) is 0 Å². The highest BCUT2D eigenvalue weighted by atomic mass is 127. The predicted octanol–water partition coefficient (Wildman–Crippen LogP) is 3.20. The number of amides is 1. The lowest BCUT2D eigenvalue weighted by atomic mass is 10.0. The normalized spacial score (nSPS) is 19.8. The van der Waals surface area contributed by atoms with Gasteiger partial charge in [-0.2, -0.15) is 0 Å². The van der Waals surface area contributed by atoms with Crippen LogP contribution >= 0.6 is 22.6 Å². The van der Waals surface area contributed by atoms with Gasteiger partial charge >= 0.3 is 0 Å². The third kappa shape index (κ3) is 3.77. The number of nitrogens with one attached hydrogen (secondary N) is 1. The summed E-state index contributed by atoms with van der Waals surface area (Å²) in [5.41, 5.74) is 1.98. The molecule has 2 aliphatic rings. The first-order valence-corrected chi connectivity index (χ1v) is 9.01. The van der Waals surface area contributed by atoms with Gasteiger partial charge in [-0.1, -0.05) is 6.07 Å². The molecule has 1 heterocycles. The fourth-order valence-electron chi connectivity index (χ4n) is 2.95. The molecule has 1 aromatic rings. The van der Waals surface area contributed by atoms with Gasteiger partial charge in [0.15, 0.2) is 0 Å². The number of benzene rings is 1. The fraction of sp³-hybridized carbons (Fsp3) is 0.588. The molecule has 1 saturated heterocycles. The topological polar surface area (TPSA) is 32.3 Å². The summed E-state index contributed by atoms with van der Waals surface area (Å²) in [5.74, 6) is 1.13. The second-order valence-electron chi connectivity index (χ2n) is 6.33. The van der Waals surface area contributed by atoms with E-state index in [9.17, 15) is 4.79 Å². The Bertz CT molecular complexity index is 520. The zero-order chi connectivity index (χ0) is 14.8. The van der Waals surface area contributed by atoms with Crippen molar-refractivity contribution in [2.24, 2.45) is 5.92 Å². The molecule has 2 fully saturated rings. The second kappa shape index (κ2) is 6.65. The molecule has 1 amide bonds. The zero-order valence-corrected chi connectivity index (χ0v) is 14.7. The molecule has 1 N–H and O–H groups in total. The van der Waals surface area contributed by atoms with E-state index in [1.807, 2.05) is 24.0 Å². The monoisotopic (exact) mass is 398 g/mol. The Morgan fingerprint density at radius 2 is 2.00 bits per heavy atom. The third-order valence-corrected chi connectivity index (χ3v) is 5.84. The lowest BCUT2D eigenvalue weighted by molar-refractivity contribution is 0.0704. The summed E-state index contributed by atoms with van der Waals surface area (Å²) in [6.45, 7) is 4.98. The maximum Gasteiger partial charge on any atom is 0.254 e. The summed E-state index contributed by atoms with van der Waals surface area (Å²) < 4.78 is 1.17. The first kappa shape index (κ1) is 15.3. The molecule has 4 heteroatoms. The van der Waals surface area contributed by atoms with Crippen molar-refractivity contribution in [2.75, 3.05) is 19.6 Å². The summed E-state index contributed by atoms with van der Waals surface area (Å²) in [6, 6.07) is 6.59. The van der Waals surface area contributed by atoms with E-state index in [4.69, 9.17) is 0 Å². The molecule has 1 saturated carbocycles. The molecule has 3 nitrogen and oxygen atoms in total. The minimum atomic E-state index is 0.201. The van der Waals surface area contributed by atoms with Crippen LogP contribution in [0.3, 0.4) is 0 Å². The van der Waals surface area contributed by atoms with Gasteiger partial charge in [0.05, 0.1) is 0 Å². The standard InChI is InChI=1S/C17H23IN2O/c1-12-15(3-2-4-16(12)18)17(21)20-9-7-14(8-10-20)19-11-13-5-6-13/h2-4,13-14,19H,5-11H2,1H3. The molecule has 0 unspecified atom stereocenters. The average Bonchev–Trinajstić information content (AvgIpc) is 3.32. The second-order valence-corrected chi connectivity index (χ2v) is 7.49. The van der Waals surface area contributed by atoms with Crippen molar-refractivity contribution in [2.45, 2.75) is 38.6 Å². The molecule has 1 aliphatic carbocycles. The van der Waals surface area contributed by atoms with Gasteiger partial charge in [0.2, 0.25) is 0 Å². The third-order valence-electron chi connectivity index (χ3n) is 4.67. The van der Waals surface area contributed by atoms with Crippen molar-refractivity contribution in [1.29, 1.82) is 0 Å². The van der Waals surface area contributed by atoms with Gasteiger partial charge in [-0.3, -0.25) is 4.79 Å². The maximum atomic E-state index is 12.7. The van der Waals surface area contributed by atoms with E-state index < -0.39 is 0 Å². The van der Waals surface area contributed by atoms with Gasteiger partial charge in [-0.15, -0.1) is 0 Å². The van der Waals surface area contributed by atoms with Crippen molar-refractivity contribution in [3.63, 3.8) is 0 Å². The average molecular weight is 398 g/mol. The van der Waals surface area contributed by atoms with E-state index >= 15 is 0 Å². The minimum Gasteiger partial charge on any atom is -0.339 e. The number of rotatable bonds is 4. The summed E-state index contributed by atoms with van der Waals surface area (Å²) in [5, 5.41) is 3.66. The van der Waals surface area contributed by atoms with Crippen molar-refractivity contribution in [3.8, 4) is 0 Å². The molecule has 1 aromatic carbocycles. The van der Waals surface area contributed by atoms with Crippen molar-refractivity contribution in [1.82, 2.24) is 10.2 Å². The Labute approximate surface area is 140 Å². The van der Waals surface area contributed by atoms with E-state index in [2.05, 4.69) is 34.0 Å². The smallest absolute Gasteiger partial charge is 0.254 e. The van der Waals surface area contributed by atoms with Crippen molar-refractivity contribution >= 4 is 28.5 Å². The lowest BCUT2D eigenvalue weighted by Gasteiger charge is -2.33. The first-order valence-electron chi connectivity index (χ1n) is 7.93. The Balaban J connectivity index is 1.55. The highest BCUT2D eigenvalue weighted by molar-refractivity contribution is 14.1. The van der Waals surface area contributed by atoms with Gasteiger partial charge in [-0.05, 0) is 85.4 Å². The molecule has 1 aliphatic heterocycles. The summed E-state index contributed by atoms with van der Waals surface area (Å²) in [7, 11) is 0. The molecule has 0 aromatic heterocycles. The lowest BCUT2D eigenvalue weighted by Crippen LogP contribution is -2.45. The Morgan fingerprint density at radius 1 is 1.29 bits per heavy atom. The quantitative estimate of drug-likeness (QED) is 0.791. The van der Waals surface area contributed by atoms with Crippen LogP contribution in [0.4, 0.5) is 0 Å². The van der Waals surface area contributed by atoms with Crippen LogP contribution in [0.15, 0.2) is 18.2 Å². The fourth-order valence-corrected chi connectivity index (χ4v) is 3.45. The molecule has 114 valence electrons. The van der Waals surface area contributed by atoms with E-state index in [0.717, 1.165) is 43.0 Å². The number of piperidine rings is 1. The van der Waals surface area contributed by atoms with Gasteiger partial charge in [-0.25, -0.2) is 0 Å². The molecule has 21 heavy (non-hydrogen) atoms. The van der Waals surface area contributed by atoms with Crippen LogP contribution in [-0.4, -0.2) is 36.5 Å². The Morgan fingerprint density at radius 3 is 2.67 bits per heavy atom. The van der Waals surface area contributed by atoms with Gasteiger partial charge in [0.1, 0.15) is 0 Å². The molecule has 0 spiro atoms. The molecule has 3 rings (SSSR count). The van der Waals surface area contributed by atoms with Crippen LogP contribution in [-0.2, 0) is 0 Å². The number of hydrogen-bond donors (Lipinski definition) is 1. The maximum absolute atomic E-state index is 12.7. The molecule has 0 radical (unpaired) electrons. The summed E-state index contributed by atoms with van der Waals surface area (Å²) in [4.78, 5) is 14.7. The zero-order valence-electron chi connectivity index (χ0n) is 12.6. The summed E-state index contributed by atoms with van der Waals surface area (Å²) >= 11 is 2.30. The van der Waals surface area contributed by atoms with Crippen LogP contribution in [0.5, 0.6) is 0 Å².